The maximum absolute atomic E-state index is 11.8. The molecule has 3 nitrogen and oxygen atoms in total. The average Bonchev–Trinajstić information content (AvgIpc) is 2.29. The molecular weight excluding hydrogens is 236 g/mol. The van der Waals surface area contributed by atoms with Gasteiger partial charge in [-0.15, -0.1) is 0 Å². The topological polar surface area (TPSA) is 55.1 Å². The number of carbonyl (C=O) groups is 1. The number of carbonyl (C=O) groups excluding carboxylic acids is 1. The zero-order valence-corrected chi connectivity index (χ0v) is 11.1. The van der Waals surface area contributed by atoms with E-state index in [1.165, 1.54) is 0 Å². The van der Waals surface area contributed by atoms with E-state index in [9.17, 15) is 4.79 Å². The zero-order valence-electron chi connectivity index (χ0n) is 10.3. The standard InChI is InChI=1S/C13H19ClN2O/c1-3-4-5-11(15)13(17)16-12-7-6-9(2)8-10(12)14/h6-8,11H,3-5,15H2,1-2H3,(H,16,17)/t11-/m0/s1. The zero-order chi connectivity index (χ0) is 12.8. The Morgan fingerprint density at radius 2 is 2.24 bits per heavy atom. The van der Waals surface area contributed by atoms with Crippen LogP contribution in [0.15, 0.2) is 18.2 Å². The number of hydrogen-bond donors (Lipinski definition) is 2. The highest BCUT2D eigenvalue weighted by Gasteiger charge is 2.13. The minimum absolute atomic E-state index is 0.177. The maximum atomic E-state index is 11.8. The first-order valence-corrected chi connectivity index (χ1v) is 6.25. The highest BCUT2D eigenvalue weighted by atomic mass is 35.5. The molecule has 17 heavy (non-hydrogen) atoms. The molecule has 0 aromatic heterocycles. The number of benzene rings is 1. The predicted molar refractivity (Wildman–Crippen MR) is 72.3 cm³/mol. The van der Waals surface area contributed by atoms with Gasteiger partial charge in [-0.2, -0.15) is 0 Å². The summed E-state index contributed by atoms with van der Waals surface area (Å²) in [6.45, 7) is 4.02. The Morgan fingerprint density at radius 1 is 1.53 bits per heavy atom. The molecule has 0 spiro atoms. The van der Waals surface area contributed by atoms with Crippen LogP contribution in [0.25, 0.3) is 0 Å². The first-order chi connectivity index (χ1) is 8.04. The van der Waals surface area contributed by atoms with E-state index in [0.717, 1.165) is 18.4 Å². The van der Waals surface area contributed by atoms with Gasteiger partial charge in [0.2, 0.25) is 5.91 Å². The number of anilines is 1. The highest BCUT2D eigenvalue weighted by Crippen LogP contribution is 2.22. The first-order valence-electron chi connectivity index (χ1n) is 5.87. The Balaban J connectivity index is 2.61. The summed E-state index contributed by atoms with van der Waals surface area (Å²) in [6.07, 6.45) is 2.69. The van der Waals surface area contributed by atoms with Crippen molar-refractivity contribution in [3.63, 3.8) is 0 Å². The number of unbranched alkanes of at least 4 members (excludes halogenated alkanes) is 1. The smallest absolute Gasteiger partial charge is 0.241 e. The molecule has 0 fully saturated rings. The molecule has 0 unspecified atom stereocenters. The van der Waals surface area contributed by atoms with Crippen LogP contribution < -0.4 is 11.1 Å². The molecule has 1 aromatic rings. The van der Waals surface area contributed by atoms with E-state index in [4.69, 9.17) is 17.3 Å². The van der Waals surface area contributed by atoms with Gasteiger partial charge in [0.25, 0.3) is 0 Å². The van der Waals surface area contributed by atoms with E-state index < -0.39 is 6.04 Å². The van der Waals surface area contributed by atoms with E-state index >= 15 is 0 Å². The van der Waals surface area contributed by atoms with Crippen LogP contribution in [0.1, 0.15) is 31.7 Å². The molecule has 0 bridgehead atoms. The van der Waals surface area contributed by atoms with Crippen molar-refractivity contribution in [2.45, 2.75) is 39.2 Å². The third kappa shape index (κ3) is 4.36. The highest BCUT2D eigenvalue weighted by molar-refractivity contribution is 6.33. The van der Waals surface area contributed by atoms with Crippen LogP contribution in [-0.2, 0) is 4.79 Å². The number of halogens is 1. The summed E-state index contributed by atoms with van der Waals surface area (Å²) in [5, 5.41) is 3.29. The van der Waals surface area contributed by atoms with Crippen molar-refractivity contribution in [2.24, 2.45) is 5.73 Å². The van der Waals surface area contributed by atoms with Crippen molar-refractivity contribution in [1.29, 1.82) is 0 Å². The SMILES string of the molecule is CCCC[C@H](N)C(=O)Nc1ccc(C)cc1Cl. The van der Waals surface area contributed by atoms with Gasteiger partial charge in [-0.1, -0.05) is 37.4 Å². The Hall–Kier alpha value is -1.06. The second-order valence-corrected chi connectivity index (χ2v) is 4.63. The van der Waals surface area contributed by atoms with Crippen molar-refractivity contribution in [3.05, 3.63) is 28.8 Å². The quantitative estimate of drug-likeness (QED) is 0.848. The van der Waals surface area contributed by atoms with E-state index in [1.54, 1.807) is 6.07 Å². The molecule has 0 aliphatic heterocycles. The fourth-order valence-electron chi connectivity index (χ4n) is 1.50. The number of rotatable bonds is 5. The molecular formula is C13H19ClN2O. The number of nitrogens with two attached hydrogens (primary N) is 1. The fourth-order valence-corrected chi connectivity index (χ4v) is 1.78. The van der Waals surface area contributed by atoms with E-state index in [0.29, 0.717) is 17.1 Å². The van der Waals surface area contributed by atoms with Crippen molar-refractivity contribution in [3.8, 4) is 0 Å². The lowest BCUT2D eigenvalue weighted by molar-refractivity contribution is -0.117. The molecule has 0 saturated heterocycles. The van der Waals surface area contributed by atoms with E-state index in [2.05, 4.69) is 12.2 Å². The van der Waals surface area contributed by atoms with E-state index in [1.807, 2.05) is 19.1 Å². The Bertz CT molecular complexity index is 393. The van der Waals surface area contributed by atoms with Gasteiger partial charge in [0.15, 0.2) is 0 Å². The third-order valence-electron chi connectivity index (χ3n) is 2.59. The summed E-state index contributed by atoms with van der Waals surface area (Å²) in [6, 6.07) is 5.04. The van der Waals surface area contributed by atoms with Gasteiger partial charge in [-0.3, -0.25) is 4.79 Å². The summed E-state index contributed by atoms with van der Waals surface area (Å²) in [5.41, 5.74) is 7.45. The van der Waals surface area contributed by atoms with Crippen LogP contribution in [0.2, 0.25) is 5.02 Å². The molecule has 94 valence electrons. The summed E-state index contributed by atoms with van der Waals surface area (Å²) >= 11 is 6.03. The van der Waals surface area contributed by atoms with Crippen LogP contribution in [0.5, 0.6) is 0 Å². The molecule has 3 N–H and O–H groups in total. The predicted octanol–water partition coefficient (Wildman–Crippen LogP) is 3.10. The number of aryl methyl sites for hydroxylation is 1. The van der Waals surface area contributed by atoms with Gasteiger partial charge in [-0.05, 0) is 31.0 Å². The minimum atomic E-state index is -0.465. The Labute approximate surface area is 107 Å². The second-order valence-electron chi connectivity index (χ2n) is 4.22. The molecule has 4 heteroatoms. The molecule has 0 saturated carbocycles. The second kappa shape index (κ2) is 6.62. The monoisotopic (exact) mass is 254 g/mol. The van der Waals surface area contributed by atoms with E-state index in [-0.39, 0.29) is 5.91 Å². The maximum Gasteiger partial charge on any atom is 0.241 e. The molecule has 1 atom stereocenters. The van der Waals surface area contributed by atoms with Crippen molar-refractivity contribution in [1.82, 2.24) is 0 Å². The Kier molecular flexibility index (Phi) is 5.45. The normalized spacial score (nSPS) is 12.2. The van der Waals surface area contributed by atoms with Crippen LogP contribution in [0, 0.1) is 6.92 Å². The van der Waals surface area contributed by atoms with Crippen LogP contribution >= 0.6 is 11.6 Å². The summed E-state index contributed by atoms with van der Waals surface area (Å²) in [5.74, 6) is -0.177. The number of amides is 1. The minimum Gasteiger partial charge on any atom is -0.323 e. The van der Waals surface area contributed by atoms with Gasteiger partial charge in [0, 0.05) is 0 Å². The third-order valence-corrected chi connectivity index (χ3v) is 2.90. The van der Waals surface area contributed by atoms with Gasteiger partial charge in [0.05, 0.1) is 16.8 Å². The molecule has 1 rings (SSSR count). The number of nitrogens with one attached hydrogen (secondary N) is 1. The van der Waals surface area contributed by atoms with Crippen LogP contribution in [0.3, 0.4) is 0 Å². The largest absolute Gasteiger partial charge is 0.323 e. The van der Waals surface area contributed by atoms with Gasteiger partial charge >= 0.3 is 0 Å². The summed E-state index contributed by atoms with van der Waals surface area (Å²) in [7, 11) is 0. The molecule has 1 amide bonds. The lowest BCUT2D eigenvalue weighted by atomic mass is 10.1. The van der Waals surface area contributed by atoms with Crippen molar-refractivity contribution >= 4 is 23.2 Å². The number of hydrogen-bond acceptors (Lipinski definition) is 2. The molecule has 0 aliphatic rings. The molecule has 1 aromatic carbocycles. The first kappa shape index (κ1) is 14.0. The van der Waals surface area contributed by atoms with Crippen LogP contribution in [0.4, 0.5) is 5.69 Å². The summed E-state index contributed by atoms with van der Waals surface area (Å²) in [4.78, 5) is 11.8. The van der Waals surface area contributed by atoms with Crippen molar-refractivity contribution < 1.29 is 4.79 Å². The Morgan fingerprint density at radius 3 is 2.82 bits per heavy atom. The summed E-state index contributed by atoms with van der Waals surface area (Å²) < 4.78 is 0. The molecule has 0 heterocycles. The lowest BCUT2D eigenvalue weighted by Gasteiger charge is -2.13. The van der Waals surface area contributed by atoms with Crippen molar-refractivity contribution in [2.75, 3.05) is 5.32 Å². The lowest BCUT2D eigenvalue weighted by Crippen LogP contribution is -2.35. The fraction of sp³-hybridized carbons (Fsp3) is 0.462. The van der Waals surface area contributed by atoms with Crippen LogP contribution in [-0.4, -0.2) is 11.9 Å². The van der Waals surface area contributed by atoms with Gasteiger partial charge < -0.3 is 11.1 Å². The molecule has 0 radical (unpaired) electrons. The molecule has 0 aliphatic carbocycles. The van der Waals surface area contributed by atoms with Gasteiger partial charge in [0.1, 0.15) is 0 Å². The average molecular weight is 255 g/mol. The van der Waals surface area contributed by atoms with Gasteiger partial charge in [-0.25, -0.2) is 0 Å².